The first kappa shape index (κ1) is 18.7. The lowest BCUT2D eigenvalue weighted by atomic mass is 9.75. The molecule has 0 saturated heterocycles. The molecule has 122 valence electrons. The molecule has 2 nitrogen and oxygen atoms in total. The van der Waals surface area contributed by atoms with Crippen LogP contribution >= 0.6 is 15.9 Å². The van der Waals surface area contributed by atoms with Crippen LogP contribution in [0.1, 0.15) is 84.1 Å². The first-order valence-corrected chi connectivity index (χ1v) is 9.14. The number of hydrogen-bond donors (Lipinski definition) is 0. The van der Waals surface area contributed by atoms with Gasteiger partial charge in [0.15, 0.2) is 0 Å². The second-order valence-electron chi connectivity index (χ2n) is 6.41. The fourth-order valence-corrected chi connectivity index (χ4v) is 3.77. The molecule has 0 aliphatic heterocycles. The third kappa shape index (κ3) is 5.08. The van der Waals surface area contributed by atoms with E-state index in [0.717, 1.165) is 35.8 Å². The molecule has 0 aromatic carbocycles. The maximum atomic E-state index is 14.3. The van der Waals surface area contributed by atoms with Gasteiger partial charge in [0.1, 0.15) is 4.60 Å². The molecule has 1 unspecified atom stereocenters. The summed E-state index contributed by atoms with van der Waals surface area (Å²) in [7, 11) is 1.79. The van der Waals surface area contributed by atoms with E-state index in [0.29, 0.717) is 0 Å². The monoisotopic (exact) mass is 360 g/mol. The SMILES string of the molecule is CCCCCCC(C)(CCCCC)c1c(F)nn(C)c1Br. The summed E-state index contributed by atoms with van der Waals surface area (Å²) >= 11 is 3.53. The van der Waals surface area contributed by atoms with Crippen molar-refractivity contribution in [3.63, 3.8) is 0 Å². The van der Waals surface area contributed by atoms with Gasteiger partial charge >= 0.3 is 0 Å². The van der Waals surface area contributed by atoms with Crippen LogP contribution in [0.2, 0.25) is 0 Å². The zero-order valence-electron chi connectivity index (χ0n) is 14.0. The Kier molecular flexibility index (Phi) is 7.93. The average molecular weight is 361 g/mol. The molecule has 1 aromatic heterocycles. The summed E-state index contributed by atoms with van der Waals surface area (Å²) in [5, 5.41) is 3.95. The van der Waals surface area contributed by atoms with Crippen LogP contribution in [0, 0.1) is 5.95 Å². The van der Waals surface area contributed by atoms with Crippen molar-refractivity contribution < 1.29 is 4.39 Å². The minimum Gasteiger partial charge on any atom is -0.258 e. The number of halogens is 2. The fourth-order valence-electron chi connectivity index (χ4n) is 3.05. The predicted octanol–water partition coefficient (Wildman–Crippen LogP) is 6.13. The van der Waals surface area contributed by atoms with Crippen molar-refractivity contribution in [1.82, 2.24) is 9.78 Å². The smallest absolute Gasteiger partial charge is 0.237 e. The highest BCUT2D eigenvalue weighted by molar-refractivity contribution is 9.10. The van der Waals surface area contributed by atoms with E-state index in [4.69, 9.17) is 0 Å². The quantitative estimate of drug-likeness (QED) is 0.458. The Morgan fingerprint density at radius 1 is 1.05 bits per heavy atom. The average Bonchev–Trinajstić information content (AvgIpc) is 2.69. The lowest BCUT2D eigenvalue weighted by Gasteiger charge is -2.29. The van der Waals surface area contributed by atoms with Gasteiger partial charge in [0.25, 0.3) is 0 Å². The Labute approximate surface area is 137 Å². The number of unbranched alkanes of at least 4 members (excludes halogenated alkanes) is 5. The number of aromatic nitrogens is 2. The van der Waals surface area contributed by atoms with Crippen LogP contribution in [0.15, 0.2) is 4.60 Å². The van der Waals surface area contributed by atoms with E-state index in [2.05, 4.69) is 41.8 Å². The summed E-state index contributed by atoms with van der Waals surface area (Å²) in [6.07, 6.45) is 10.5. The molecule has 0 radical (unpaired) electrons. The summed E-state index contributed by atoms with van der Waals surface area (Å²) in [4.78, 5) is 0. The number of hydrogen-bond acceptors (Lipinski definition) is 1. The van der Waals surface area contributed by atoms with Crippen LogP contribution in [0.25, 0.3) is 0 Å². The molecule has 0 N–H and O–H groups in total. The van der Waals surface area contributed by atoms with Crippen molar-refractivity contribution in [2.75, 3.05) is 0 Å². The molecule has 0 amide bonds. The molecule has 1 atom stereocenters. The summed E-state index contributed by atoms with van der Waals surface area (Å²) < 4.78 is 16.7. The summed E-state index contributed by atoms with van der Waals surface area (Å²) in [6.45, 7) is 6.64. The van der Waals surface area contributed by atoms with Gasteiger partial charge in [0.05, 0.1) is 0 Å². The van der Waals surface area contributed by atoms with Crippen LogP contribution in [-0.2, 0) is 12.5 Å². The first-order chi connectivity index (χ1) is 9.96. The second-order valence-corrected chi connectivity index (χ2v) is 7.16. The molecule has 0 spiro atoms. The van der Waals surface area contributed by atoms with Gasteiger partial charge in [-0.25, -0.2) is 0 Å². The predicted molar refractivity (Wildman–Crippen MR) is 91.1 cm³/mol. The molecule has 0 bridgehead atoms. The lowest BCUT2D eigenvalue weighted by molar-refractivity contribution is 0.350. The molecule has 0 saturated carbocycles. The molecule has 1 rings (SSSR count). The molecule has 21 heavy (non-hydrogen) atoms. The minimum absolute atomic E-state index is 0.111. The van der Waals surface area contributed by atoms with Crippen molar-refractivity contribution in [2.24, 2.45) is 7.05 Å². The van der Waals surface area contributed by atoms with Crippen LogP contribution in [0.5, 0.6) is 0 Å². The van der Waals surface area contributed by atoms with Crippen LogP contribution in [-0.4, -0.2) is 9.78 Å². The molecule has 1 heterocycles. The molecular formula is C17H30BrFN2. The van der Waals surface area contributed by atoms with E-state index in [9.17, 15) is 4.39 Å². The van der Waals surface area contributed by atoms with Gasteiger partial charge in [0.2, 0.25) is 5.95 Å². The second kappa shape index (κ2) is 8.92. The third-order valence-corrected chi connectivity index (χ3v) is 5.36. The van der Waals surface area contributed by atoms with Crippen molar-refractivity contribution in [2.45, 2.75) is 84.0 Å². The van der Waals surface area contributed by atoms with E-state index in [1.165, 1.54) is 32.1 Å². The van der Waals surface area contributed by atoms with Crippen molar-refractivity contribution >= 4 is 15.9 Å². The van der Waals surface area contributed by atoms with Gasteiger partial charge in [-0.15, -0.1) is 5.10 Å². The van der Waals surface area contributed by atoms with Gasteiger partial charge in [-0.05, 0) is 34.2 Å². The van der Waals surface area contributed by atoms with E-state index < -0.39 is 0 Å². The first-order valence-electron chi connectivity index (χ1n) is 8.34. The topological polar surface area (TPSA) is 17.8 Å². The minimum atomic E-state index is -0.307. The Bertz CT molecular complexity index is 431. The molecule has 0 aliphatic carbocycles. The maximum absolute atomic E-state index is 14.3. The molecule has 4 heteroatoms. The molecule has 1 aromatic rings. The normalized spacial score (nSPS) is 14.4. The summed E-state index contributed by atoms with van der Waals surface area (Å²) in [5.41, 5.74) is 0.665. The Morgan fingerprint density at radius 3 is 2.05 bits per heavy atom. The van der Waals surface area contributed by atoms with E-state index in [-0.39, 0.29) is 11.4 Å². The van der Waals surface area contributed by atoms with E-state index >= 15 is 0 Å². The molecular weight excluding hydrogens is 331 g/mol. The highest BCUT2D eigenvalue weighted by atomic mass is 79.9. The summed E-state index contributed by atoms with van der Waals surface area (Å²) in [6, 6.07) is 0. The standard InChI is InChI=1S/C17H30BrFN2/c1-5-7-9-11-13-17(3,12-10-8-6-2)14-15(18)21(4)20-16(14)19/h5-13H2,1-4H3. The van der Waals surface area contributed by atoms with Gasteiger partial charge in [-0.1, -0.05) is 65.7 Å². The number of rotatable bonds is 10. The zero-order chi connectivity index (χ0) is 15.9. The highest BCUT2D eigenvalue weighted by Gasteiger charge is 2.33. The third-order valence-electron chi connectivity index (χ3n) is 4.45. The highest BCUT2D eigenvalue weighted by Crippen LogP contribution is 2.40. The van der Waals surface area contributed by atoms with Gasteiger partial charge in [-0.2, -0.15) is 4.39 Å². The Morgan fingerprint density at radius 2 is 1.57 bits per heavy atom. The van der Waals surface area contributed by atoms with Crippen molar-refractivity contribution in [1.29, 1.82) is 0 Å². The van der Waals surface area contributed by atoms with Gasteiger partial charge in [-0.3, -0.25) is 4.68 Å². The lowest BCUT2D eigenvalue weighted by Crippen LogP contribution is -2.23. The van der Waals surface area contributed by atoms with Crippen LogP contribution in [0.3, 0.4) is 0 Å². The number of aryl methyl sites for hydroxylation is 1. The van der Waals surface area contributed by atoms with Gasteiger partial charge < -0.3 is 0 Å². The Balaban J connectivity index is 2.88. The summed E-state index contributed by atoms with van der Waals surface area (Å²) in [5.74, 6) is -0.307. The molecule has 0 aliphatic rings. The van der Waals surface area contributed by atoms with E-state index in [1.54, 1.807) is 11.7 Å². The van der Waals surface area contributed by atoms with Gasteiger partial charge in [0, 0.05) is 12.6 Å². The van der Waals surface area contributed by atoms with Crippen LogP contribution < -0.4 is 0 Å². The maximum Gasteiger partial charge on any atom is 0.237 e. The van der Waals surface area contributed by atoms with Crippen LogP contribution in [0.4, 0.5) is 4.39 Å². The number of nitrogens with zero attached hydrogens (tertiary/aromatic N) is 2. The van der Waals surface area contributed by atoms with Crippen molar-refractivity contribution in [3.8, 4) is 0 Å². The van der Waals surface area contributed by atoms with E-state index in [1.807, 2.05) is 0 Å². The van der Waals surface area contributed by atoms with Crippen molar-refractivity contribution in [3.05, 3.63) is 16.1 Å². The molecule has 0 fully saturated rings. The Hall–Kier alpha value is -0.380. The zero-order valence-corrected chi connectivity index (χ0v) is 15.6. The fraction of sp³-hybridized carbons (Fsp3) is 0.824. The largest absolute Gasteiger partial charge is 0.258 e.